The molecule has 0 unspecified atom stereocenters. The summed E-state index contributed by atoms with van der Waals surface area (Å²) in [5, 5.41) is 6.27. The maximum atomic E-state index is 12.2. The zero-order chi connectivity index (χ0) is 12.5. The van der Waals surface area contributed by atoms with E-state index in [0.717, 1.165) is 34.9 Å². The Labute approximate surface area is 110 Å². The quantitative estimate of drug-likeness (QED) is 0.861. The summed E-state index contributed by atoms with van der Waals surface area (Å²) in [4.78, 5) is 16.5. The molecule has 0 aliphatic carbocycles. The van der Waals surface area contributed by atoms with E-state index in [4.69, 9.17) is 0 Å². The number of fused-ring (bicyclic) bond motifs is 1. The molecule has 2 heterocycles. The highest BCUT2D eigenvalue weighted by Crippen LogP contribution is 2.23. The van der Waals surface area contributed by atoms with Crippen molar-refractivity contribution in [2.75, 3.05) is 11.9 Å². The summed E-state index contributed by atoms with van der Waals surface area (Å²) >= 11 is 1.59. The number of benzene rings is 1. The van der Waals surface area contributed by atoms with Crippen LogP contribution in [-0.4, -0.2) is 17.3 Å². The van der Waals surface area contributed by atoms with Gasteiger partial charge in [0.1, 0.15) is 0 Å². The van der Waals surface area contributed by atoms with Crippen LogP contribution in [0.1, 0.15) is 26.6 Å². The van der Waals surface area contributed by atoms with Crippen LogP contribution in [0.5, 0.6) is 0 Å². The Morgan fingerprint density at radius 3 is 3.17 bits per heavy atom. The zero-order valence-electron chi connectivity index (χ0n) is 10.2. The van der Waals surface area contributed by atoms with Crippen molar-refractivity contribution < 1.29 is 4.79 Å². The minimum absolute atomic E-state index is 0.148. The number of Topliss-reactive ketones (excluding diaryl/α,β-unsaturated/α-hetero) is 1. The van der Waals surface area contributed by atoms with Gasteiger partial charge in [-0.2, -0.15) is 0 Å². The van der Waals surface area contributed by atoms with Gasteiger partial charge < -0.3 is 5.32 Å². The number of carbonyl (C=O) groups excluding carboxylic acids is 1. The zero-order valence-corrected chi connectivity index (χ0v) is 11.0. The maximum Gasteiger partial charge on any atom is 0.168 e. The number of hydrogen-bond acceptors (Lipinski definition) is 4. The summed E-state index contributed by atoms with van der Waals surface area (Å²) in [6.45, 7) is 2.93. The van der Waals surface area contributed by atoms with Gasteiger partial charge in [-0.15, -0.1) is 11.3 Å². The third-order valence-electron chi connectivity index (χ3n) is 3.15. The molecule has 0 atom stereocenters. The molecule has 1 aromatic carbocycles. The Morgan fingerprint density at radius 2 is 2.39 bits per heavy atom. The lowest BCUT2D eigenvalue weighted by Crippen LogP contribution is -2.04. The predicted molar refractivity (Wildman–Crippen MR) is 73.5 cm³/mol. The summed E-state index contributed by atoms with van der Waals surface area (Å²) in [5.41, 5.74) is 4.08. The Hall–Kier alpha value is -1.68. The average molecular weight is 258 g/mol. The Balaban J connectivity index is 1.80. The summed E-state index contributed by atoms with van der Waals surface area (Å²) in [7, 11) is 0. The molecular weight excluding hydrogens is 244 g/mol. The molecule has 4 heteroatoms. The topological polar surface area (TPSA) is 42.0 Å². The van der Waals surface area contributed by atoms with Crippen molar-refractivity contribution in [3.05, 3.63) is 45.4 Å². The normalized spacial score (nSPS) is 13.2. The lowest BCUT2D eigenvalue weighted by Gasteiger charge is -2.03. The van der Waals surface area contributed by atoms with Crippen LogP contribution in [-0.2, 0) is 12.8 Å². The van der Waals surface area contributed by atoms with Gasteiger partial charge in [-0.25, -0.2) is 4.98 Å². The molecule has 3 nitrogen and oxygen atoms in total. The predicted octanol–water partition coefficient (Wildman–Crippen LogP) is 2.84. The number of nitrogens with one attached hydrogen (secondary N) is 1. The number of rotatable bonds is 3. The minimum atomic E-state index is 0.148. The van der Waals surface area contributed by atoms with E-state index in [1.807, 2.05) is 30.5 Å². The van der Waals surface area contributed by atoms with E-state index in [1.165, 1.54) is 5.56 Å². The molecule has 1 aromatic heterocycles. The molecule has 0 amide bonds. The monoisotopic (exact) mass is 258 g/mol. The van der Waals surface area contributed by atoms with E-state index in [-0.39, 0.29) is 5.78 Å². The van der Waals surface area contributed by atoms with Crippen molar-refractivity contribution in [3.63, 3.8) is 0 Å². The average Bonchev–Trinajstić information content (AvgIpc) is 2.96. The lowest BCUT2D eigenvalue weighted by molar-refractivity contribution is 0.0992. The fourth-order valence-electron chi connectivity index (χ4n) is 2.23. The molecule has 0 radical (unpaired) electrons. The van der Waals surface area contributed by atoms with Gasteiger partial charge in [0, 0.05) is 23.2 Å². The highest BCUT2D eigenvalue weighted by molar-refractivity contribution is 7.09. The first-order chi connectivity index (χ1) is 8.72. The fourth-order valence-corrected chi connectivity index (χ4v) is 2.85. The van der Waals surface area contributed by atoms with Crippen LogP contribution in [0.2, 0.25) is 0 Å². The molecule has 18 heavy (non-hydrogen) atoms. The van der Waals surface area contributed by atoms with E-state index < -0.39 is 0 Å². The third kappa shape index (κ3) is 2.16. The standard InChI is InChI=1S/C14H14N2OS/c1-9-16-12(8-18-9)7-14(17)11-2-3-13-10(6-11)4-5-15-13/h2-3,6,8,15H,4-5,7H2,1H3. The van der Waals surface area contributed by atoms with Gasteiger partial charge in [0.25, 0.3) is 0 Å². The first-order valence-electron chi connectivity index (χ1n) is 6.03. The number of hydrogen-bond donors (Lipinski definition) is 1. The first kappa shape index (κ1) is 11.4. The van der Waals surface area contributed by atoms with Crippen molar-refractivity contribution in [2.24, 2.45) is 0 Å². The van der Waals surface area contributed by atoms with Crippen molar-refractivity contribution in [2.45, 2.75) is 19.8 Å². The molecule has 1 aliphatic heterocycles. The second-order valence-electron chi connectivity index (χ2n) is 4.51. The van der Waals surface area contributed by atoms with E-state index in [9.17, 15) is 4.79 Å². The van der Waals surface area contributed by atoms with E-state index in [0.29, 0.717) is 6.42 Å². The summed E-state index contributed by atoms with van der Waals surface area (Å²) in [6.07, 6.45) is 1.41. The molecule has 0 bridgehead atoms. The largest absolute Gasteiger partial charge is 0.384 e. The lowest BCUT2D eigenvalue weighted by atomic mass is 10.0. The second-order valence-corrected chi connectivity index (χ2v) is 5.57. The van der Waals surface area contributed by atoms with Crippen molar-refractivity contribution in [3.8, 4) is 0 Å². The number of ketones is 1. The SMILES string of the molecule is Cc1nc(CC(=O)c2ccc3c(c2)CCN3)cs1. The van der Waals surface area contributed by atoms with Crippen LogP contribution >= 0.6 is 11.3 Å². The molecule has 0 spiro atoms. The van der Waals surface area contributed by atoms with Crippen LogP contribution < -0.4 is 5.32 Å². The van der Waals surface area contributed by atoms with Crippen LogP contribution in [0.15, 0.2) is 23.6 Å². The van der Waals surface area contributed by atoms with Crippen molar-refractivity contribution in [1.82, 2.24) is 4.98 Å². The Bertz CT molecular complexity index is 604. The van der Waals surface area contributed by atoms with Gasteiger partial charge in [-0.3, -0.25) is 4.79 Å². The highest BCUT2D eigenvalue weighted by atomic mass is 32.1. The molecule has 1 N–H and O–H groups in total. The third-order valence-corrected chi connectivity index (χ3v) is 3.97. The van der Waals surface area contributed by atoms with Gasteiger partial charge in [-0.05, 0) is 37.1 Å². The fraction of sp³-hybridized carbons (Fsp3) is 0.286. The van der Waals surface area contributed by atoms with Crippen LogP contribution in [0.3, 0.4) is 0 Å². The number of nitrogens with zero attached hydrogens (tertiary/aromatic N) is 1. The van der Waals surface area contributed by atoms with Crippen LogP contribution in [0.4, 0.5) is 5.69 Å². The maximum absolute atomic E-state index is 12.2. The number of aromatic nitrogens is 1. The summed E-state index contributed by atoms with van der Waals surface area (Å²) < 4.78 is 0. The number of thiazole rings is 1. The van der Waals surface area contributed by atoms with Crippen molar-refractivity contribution >= 4 is 22.8 Å². The van der Waals surface area contributed by atoms with E-state index in [1.54, 1.807) is 11.3 Å². The molecule has 3 rings (SSSR count). The number of aryl methyl sites for hydroxylation is 1. The first-order valence-corrected chi connectivity index (χ1v) is 6.91. The molecule has 2 aromatic rings. The number of carbonyl (C=O) groups is 1. The van der Waals surface area contributed by atoms with Gasteiger partial charge in [0.05, 0.1) is 17.1 Å². The van der Waals surface area contributed by atoms with Gasteiger partial charge >= 0.3 is 0 Å². The molecule has 0 saturated heterocycles. The van der Waals surface area contributed by atoms with Crippen molar-refractivity contribution in [1.29, 1.82) is 0 Å². The molecule has 0 fully saturated rings. The van der Waals surface area contributed by atoms with E-state index >= 15 is 0 Å². The van der Waals surface area contributed by atoms with E-state index in [2.05, 4.69) is 10.3 Å². The summed E-state index contributed by atoms with van der Waals surface area (Å²) in [5.74, 6) is 0.148. The van der Waals surface area contributed by atoms with Crippen LogP contribution in [0, 0.1) is 6.92 Å². The summed E-state index contributed by atoms with van der Waals surface area (Å²) in [6, 6.07) is 5.91. The van der Waals surface area contributed by atoms with Crippen LogP contribution in [0.25, 0.3) is 0 Å². The molecular formula is C14H14N2OS. The minimum Gasteiger partial charge on any atom is -0.384 e. The molecule has 1 aliphatic rings. The Morgan fingerprint density at radius 1 is 1.50 bits per heavy atom. The smallest absolute Gasteiger partial charge is 0.168 e. The number of anilines is 1. The molecule has 92 valence electrons. The second kappa shape index (κ2) is 4.53. The van der Waals surface area contributed by atoms with Gasteiger partial charge in [0.2, 0.25) is 0 Å². The van der Waals surface area contributed by atoms with Gasteiger partial charge in [0.15, 0.2) is 5.78 Å². The highest BCUT2D eigenvalue weighted by Gasteiger charge is 2.14. The Kier molecular flexibility index (Phi) is 2.88. The molecule has 0 saturated carbocycles. The van der Waals surface area contributed by atoms with Gasteiger partial charge in [-0.1, -0.05) is 0 Å².